The lowest BCUT2D eigenvalue weighted by atomic mass is 9.92. The van der Waals surface area contributed by atoms with Gasteiger partial charge in [0.1, 0.15) is 0 Å². The van der Waals surface area contributed by atoms with E-state index in [2.05, 4.69) is 12.2 Å². The van der Waals surface area contributed by atoms with Crippen LogP contribution in [0.3, 0.4) is 0 Å². The molecule has 106 valence electrons. The first-order valence-corrected chi connectivity index (χ1v) is 7.22. The van der Waals surface area contributed by atoms with Gasteiger partial charge in [-0.15, -0.1) is 0 Å². The van der Waals surface area contributed by atoms with Crippen molar-refractivity contribution >= 4 is 0 Å². The summed E-state index contributed by atoms with van der Waals surface area (Å²) in [6, 6.07) is 10.3. The van der Waals surface area contributed by atoms with Crippen LogP contribution in [0, 0.1) is 5.41 Å². The Bertz CT molecular complexity index is 376. The van der Waals surface area contributed by atoms with Crippen molar-refractivity contribution in [3.05, 3.63) is 35.9 Å². The Morgan fingerprint density at radius 1 is 1.32 bits per heavy atom. The van der Waals surface area contributed by atoms with Crippen LogP contribution < -0.4 is 5.32 Å². The fraction of sp³-hybridized carbons (Fsp3) is 0.625. The van der Waals surface area contributed by atoms with E-state index in [1.54, 1.807) is 0 Å². The molecule has 0 amide bonds. The van der Waals surface area contributed by atoms with E-state index in [4.69, 9.17) is 4.74 Å². The van der Waals surface area contributed by atoms with Crippen molar-refractivity contribution in [2.45, 2.75) is 38.8 Å². The molecule has 3 heteroatoms. The Hall–Kier alpha value is -0.900. The van der Waals surface area contributed by atoms with Crippen molar-refractivity contribution < 1.29 is 9.84 Å². The molecule has 1 fully saturated rings. The fourth-order valence-electron chi connectivity index (χ4n) is 2.43. The second-order valence-corrected chi connectivity index (χ2v) is 5.62. The van der Waals surface area contributed by atoms with E-state index >= 15 is 0 Å². The number of hydrogen-bond donors (Lipinski definition) is 2. The molecule has 0 aliphatic heterocycles. The Kier molecular flexibility index (Phi) is 4.97. The van der Waals surface area contributed by atoms with Crippen LogP contribution in [0.15, 0.2) is 30.3 Å². The Labute approximate surface area is 116 Å². The van der Waals surface area contributed by atoms with E-state index in [1.165, 1.54) is 0 Å². The molecule has 0 spiro atoms. The summed E-state index contributed by atoms with van der Waals surface area (Å²) in [7, 11) is 0. The largest absolute Gasteiger partial charge is 0.388 e. The molecule has 2 N–H and O–H groups in total. The number of aliphatic hydroxyl groups excluding tert-OH is 1. The third-order valence-corrected chi connectivity index (χ3v) is 3.96. The van der Waals surface area contributed by atoms with Crippen LogP contribution in [0.5, 0.6) is 0 Å². The van der Waals surface area contributed by atoms with Crippen LogP contribution in [-0.4, -0.2) is 30.9 Å². The summed E-state index contributed by atoms with van der Waals surface area (Å²) in [4.78, 5) is 0. The molecule has 0 radical (unpaired) electrons. The summed E-state index contributed by atoms with van der Waals surface area (Å²) in [5, 5.41) is 14.0. The highest BCUT2D eigenvalue weighted by Crippen LogP contribution is 2.54. The summed E-state index contributed by atoms with van der Waals surface area (Å²) in [6.45, 7) is 6.48. The predicted octanol–water partition coefficient (Wildman–Crippen LogP) is 2.51. The molecule has 1 aliphatic carbocycles. The molecule has 2 rings (SSSR count). The lowest BCUT2D eigenvalue weighted by Gasteiger charge is -2.25. The van der Waals surface area contributed by atoms with Gasteiger partial charge in [-0.25, -0.2) is 0 Å². The van der Waals surface area contributed by atoms with E-state index in [1.807, 2.05) is 37.3 Å². The number of nitrogens with one attached hydrogen (secondary N) is 1. The lowest BCUT2D eigenvalue weighted by Crippen LogP contribution is -2.37. The van der Waals surface area contributed by atoms with Crippen molar-refractivity contribution in [1.82, 2.24) is 5.32 Å². The average molecular weight is 263 g/mol. The monoisotopic (exact) mass is 263 g/mol. The molecule has 1 aromatic rings. The van der Waals surface area contributed by atoms with E-state index in [0.29, 0.717) is 6.04 Å². The van der Waals surface area contributed by atoms with Crippen LogP contribution >= 0.6 is 0 Å². The van der Waals surface area contributed by atoms with Gasteiger partial charge in [-0.2, -0.15) is 0 Å². The van der Waals surface area contributed by atoms with Crippen LogP contribution in [-0.2, 0) is 4.74 Å². The van der Waals surface area contributed by atoms with Gasteiger partial charge >= 0.3 is 0 Å². The zero-order valence-electron chi connectivity index (χ0n) is 11.9. The van der Waals surface area contributed by atoms with Gasteiger partial charge in [0.15, 0.2) is 0 Å². The first-order valence-electron chi connectivity index (χ1n) is 7.22. The van der Waals surface area contributed by atoms with E-state index in [0.717, 1.165) is 38.2 Å². The first-order chi connectivity index (χ1) is 9.18. The molecule has 0 bridgehead atoms. The minimum absolute atomic E-state index is 0.0296. The topological polar surface area (TPSA) is 41.5 Å². The standard InChI is InChI=1S/C16H25NO2/c1-3-19-11-13(2)17-12-16(9-10-16)15(18)14-7-5-4-6-8-14/h4-8,13,15,17-18H,3,9-12H2,1-2H3. The van der Waals surface area contributed by atoms with E-state index in [-0.39, 0.29) is 11.5 Å². The third kappa shape index (κ3) is 3.78. The maximum absolute atomic E-state index is 10.5. The van der Waals surface area contributed by atoms with Gasteiger partial charge in [-0.3, -0.25) is 0 Å². The second-order valence-electron chi connectivity index (χ2n) is 5.62. The zero-order valence-corrected chi connectivity index (χ0v) is 11.9. The highest BCUT2D eigenvalue weighted by Gasteiger charge is 2.49. The van der Waals surface area contributed by atoms with Crippen LogP contribution in [0.4, 0.5) is 0 Å². The molecule has 19 heavy (non-hydrogen) atoms. The Morgan fingerprint density at radius 2 is 2.00 bits per heavy atom. The maximum atomic E-state index is 10.5. The zero-order chi connectivity index (χ0) is 13.7. The molecule has 0 aromatic heterocycles. The van der Waals surface area contributed by atoms with Crippen molar-refractivity contribution in [3.63, 3.8) is 0 Å². The quantitative estimate of drug-likeness (QED) is 0.757. The number of ether oxygens (including phenoxy) is 1. The number of aliphatic hydroxyl groups is 1. The lowest BCUT2D eigenvalue weighted by molar-refractivity contribution is 0.0822. The molecule has 1 aromatic carbocycles. The number of rotatable bonds is 8. The van der Waals surface area contributed by atoms with Gasteiger partial charge in [-0.1, -0.05) is 30.3 Å². The smallest absolute Gasteiger partial charge is 0.0858 e. The predicted molar refractivity (Wildman–Crippen MR) is 77.0 cm³/mol. The molecule has 3 nitrogen and oxygen atoms in total. The van der Waals surface area contributed by atoms with Crippen molar-refractivity contribution in [1.29, 1.82) is 0 Å². The van der Waals surface area contributed by atoms with Crippen molar-refractivity contribution in [2.24, 2.45) is 5.41 Å². The number of hydrogen-bond acceptors (Lipinski definition) is 3. The SMILES string of the molecule is CCOCC(C)NCC1(C(O)c2ccccc2)CC1. The minimum Gasteiger partial charge on any atom is -0.388 e. The Morgan fingerprint density at radius 3 is 2.58 bits per heavy atom. The fourth-order valence-corrected chi connectivity index (χ4v) is 2.43. The van der Waals surface area contributed by atoms with Gasteiger partial charge in [0.2, 0.25) is 0 Å². The molecular weight excluding hydrogens is 238 g/mol. The maximum Gasteiger partial charge on any atom is 0.0858 e. The van der Waals surface area contributed by atoms with Gasteiger partial charge in [0.05, 0.1) is 12.7 Å². The molecule has 1 saturated carbocycles. The van der Waals surface area contributed by atoms with Crippen molar-refractivity contribution in [2.75, 3.05) is 19.8 Å². The highest BCUT2D eigenvalue weighted by atomic mass is 16.5. The van der Waals surface area contributed by atoms with Crippen LogP contribution in [0.1, 0.15) is 38.4 Å². The summed E-state index contributed by atoms with van der Waals surface area (Å²) in [5.74, 6) is 0. The first kappa shape index (κ1) is 14.5. The average Bonchev–Trinajstić information content (AvgIpc) is 3.24. The number of benzene rings is 1. The molecule has 1 aliphatic rings. The van der Waals surface area contributed by atoms with Gasteiger partial charge < -0.3 is 15.2 Å². The molecule has 0 saturated heterocycles. The molecule has 2 atom stereocenters. The summed E-state index contributed by atoms with van der Waals surface area (Å²) in [6.07, 6.45) is 1.83. The third-order valence-electron chi connectivity index (χ3n) is 3.96. The Balaban J connectivity index is 1.85. The molecular formula is C16H25NO2. The van der Waals surface area contributed by atoms with Crippen LogP contribution in [0.2, 0.25) is 0 Å². The molecule has 2 unspecified atom stereocenters. The summed E-state index contributed by atoms with van der Waals surface area (Å²) < 4.78 is 5.40. The van der Waals surface area contributed by atoms with Crippen LogP contribution in [0.25, 0.3) is 0 Å². The van der Waals surface area contributed by atoms with Gasteiger partial charge in [0, 0.05) is 24.6 Å². The van der Waals surface area contributed by atoms with Gasteiger partial charge in [-0.05, 0) is 32.3 Å². The molecule has 0 heterocycles. The van der Waals surface area contributed by atoms with E-state index in [9.17, 15) is 5.11 Å². The summed E-state index contributed by atoms with van der Waals surface area (Å²) in [5.41, 5.74) is 1.06. The van der Waals surface area contributed by atoms with Crippen molar-refractivity contribution in [3.8, 4) is 0 Å². The minimum atomic E-state index is -0.361. The summed E-state index contributed by atoms with van der Waals surface area (Å²) >= 11 is 0. The van der Waals surface area contributed by atoms with Gasteiger partial charge in [0.25, 0.3) is 0 Å². The van der Waals surface area contributed by atoms with E-state index < -0.39 is 0 Å². The normalized spacial score (nSPS) is 19.9. The second kappa shape index (κ2) is 6.51. The highest BCUT2D eigenvalue weighted by molar-refractivity contribution is 5.22.